The standard InChI is InChI=1S/C19H19Cl2N2O4P/c1-3-26-28(25,27-4-2)19-18(24)22-16-10-9-12(20)11-14(16)17(23-19)13-7-5-6-8-15(13)21/h5-11,19H,3-4H2,1-2H3,(H,22,24). The topological polar surface area (TPSA) is 77.0 Å². The summed E-state index contributed by atoms with van der Waals surface area (Å²) in [5.41, 5.74) is 2.01. The van der Waals surface area contributed by atoms with Crippen molar-refractivity contribution in [2.75, 3.05) is 18.5 Å². The monoisotopic (exact) mass is 440 g/mol. The van der Waals surface area contributed by atoms with Gasteiger partial charge in [-0.05, 0) is 38.1 Å². The number of benzene rings is 2. The van der Waals surface area contributed by atoms with E-state index in [0.29, 0.717) is 32.6 Å². The Balaban J connectivity index is 2.26. The van der Waals surface area contributed by atoms with Crippen molar-refractivity contribution in [1.82, 2.24) is 0 Å². The lowest BCUT2D eigenvalue weighted by atomic mass is 10.0. The van der Waals surface area contributed by atoms with E-state index in [1.807, 2.05) is 0 Å². The zero-order chi connectivity index (χ0) is 20.3. The highest BCUT2D eigenvalue weighted by molar-refractivity contribution is 7.55. The average molecular weight is 441 g/mol. The van der Waals surface area contributed by atoms with Crippen LogP contribution in [-0.2, 0) is 18.4 Å². The molecule has 0 bridgehead atoms. The average Bonchev–Trinajstić information content (AvgIpc) is 2.79. The van der Waals surface area contributed by atoms with Crippen LogP contribution in [0.2, 0.25) is 10.0 Å². The van der Waals surface area contributed by atoms with Gasteiger partial charge in [0.2, 0.25) is 5.78 Å². The summed E-state index contributed by atoms with van der Waals surface area (Å²) in [6.45, 7) is 3.56. The first-order valence-corrected chi connectivity index (χ1v) is 11.1. The molecule has 148 valence electrons. The molecular formula is C19H19Cl2N2O4P. The molecule has 0 saturated heterocycles. The second-order valence-corrected chi connectivity index (χ2v) is 8.81. The van der Waals surface area contributed by atoms with E-state index in [4.69, 9.17) is 32.2 Å². The number of carbonyl (C=O) groups is 1. The van der Waals surface area contributed by atoms with E-state index in [9.17, 15) is 9.36 Å². The molecule has 0 radical (unpaired) electrons. The van der Waals surface area contributed by atoms with Gasteiger partial charge in [0.05, 0.1) is 24.6 Å². The number of aliphatic imine (C=N–C) groups is 1. The van der Waals surface area contributed by atoms with E-state index in [2.05, 4.69) is 10.3 Å². The molecule has 1 N–H and O–H groups in total. The van der Waals surface area contributed by atoms with Crippen LogP contribution in [0.15, 0.2) is 47.5 Å². The van der Waals surface area contributed by atoms with Crippen LogP contribution < -0.4 is 5.32 Å². The van der Waals surface area contributed by atoms with Crippen LogP contribution in [0.25, 0.3) is 0 Å². The molecule has 1 heterocycles. The minimum Gasteiger partial charge on any atom is -0.323 e. The number of hydrogen-bond donors (Lipinski definition) is 1. The maximum atomic E-state index is 13.3. The molecule has 1 aliphatic heterocycles. The van der Waals surface area contributed by atoms with Crippen molar-refractivity contribution >= 4 is 48.1 Å². The summed E-state index contributed by atoms with van der Waals surface area (Å²) in [7, 11) is -3.87. The molecule has 0 spiro atoms. The fraction of sp³-hybridized carbons (Fsp3) is 0.263. The number of amides is 1. The number of carbonyl (C=O) groups excluding carboxylic acids is 1. The van der Waals surface area contributed by atoms with Gasteiger partial charge >= 0.3 is 7.60 Å². The number of nitrogens with one attached hydrogen (secondary N) is 1. The minimum atomic E-state index is -3.87. The zero-order valence-corrected chi connectivity index (χ0v) is 17.7. The molecule has 9 heteroatoms. The lowest BCUT2D eigenvalue weighted by molar-refractivity contribution is -0.116. The molecule has 0 aliphatic carbocycles. The second-order valence-electron chi connectivity index (χ2n) is 5.89. The Labute approximate surface area is 173 Å². The van der Waals surface area contributed by atoms with Gasteiger partial charge in [0.25, 0.3) is 5.91 Å². The van der Waals surface area contributed by atoms with Crippen molar-refractivity contribution in [2.24, 2.45) is 4.99 Å². The van der Waals surface area contributed by atoms with Gasteiger partial charge in [-0.1, -0.05) is 41.4 Å². The maximum Gasteiger partial charge on any atom is 0.364 e. The smallest absolute Gasteiger partial charge is 0.323 e. The molecule has 2 aromatic carbocycles. The molecule has 1 unspecified atom stereocenters. The van der Waals surface area contributed by atoms with E-state index in [0.717, 1.165) is 0 Å². The lowest BCUT2D eigenvalue weighted by Crippen LogP contribution is -2.27. The molecule has 1 amide bonds. The predicted molar refractivity (Wildman–Crippen MR) is 112 cm³/mol. The highest BCUT2D eigenvalue weighted by Gasteiger charge is 2.43. The highest BCUT2D eigenvalue weighted by atomic mass is 35.5. The first kappa shape index (κ1) is 21.0. The number of nitrogens with zero attached hydrogens (tertiary/aromatic N) is 1. The third-order valence-electron chi connectivity index (χ3n) is 4.03. The highest BCUT2D eigenvalue weighted by Crippen LogP contribution is 2.54. The number of benzodiazepines with no additional fused rings is 1. The number of anilines is 1. The van der Waals surface area contributed by atoms with Crippen molar-refractivity contribution in [3.05, 3.63) is 63.6 Å². The van der Waals surface area contributed by atoms with Gasteiger partial charge in [-0.15, -0.1) is 0 Å². The van der Waals surface area contributed by atoms with Crippen LogP contribution in [0.4, 0.5) is 5.69 Å². The second kappa shape index (κ2) is 8.76. The normalized spacial score (nSPS) is 16.8. The molecule has 0 saturated carbocycles. The fourth-order valence-electron chi connectivity index (χ4n) is 2.89. The summed E-state index contributed by atoms with van der Waals surface area (Å²) < 4.78 is 24.1. The van der Waals surface area contributed by atoms with Gasteiger partial charge in [0.1, 0.15) is 0 Å². The Morgan fingerprint density at radius 2 is 1.75 bits per heavy atom. The Kier molecular flexibility index (Phi) is 6.58. The van der Waals surface area contributed by atoms with Gasteiger partial charge in [-0.25, -0.2) is 0 Å². The fourth-order valence-corrected chi connectivity index (χ4v) is 4.97. The van der Waals surface area contributed by atoms with Crippen LogP contribution in [0.1, 0.15) is 25.0 Å². The summed E-state index contributed by atoms with van der Waals surface area (Å²) >= 11 is 12.6. The lowest BCUT2D eigenvalue weighted by Gasteiger charge is -2.22. The Morgan fingerprint density at radius 1 is 1.07 bits per heavy atom. The molecular weight excluding hydrogens is 422 g/mol. The van der Waals surface area contributed by atoms with E-state index in [-0.39, 0.29) is 13.2 Å². The molecule has 2 aromatic rings. The van der Waals surface area contributed by atoms with E-state index in [1.54, 1.807) is 56.3 Å². The summed E-state index contributed by atoms with van der Waals surface area (Å²) in [4.78, 5) is 17.4. The van der Waals surface area contributed by atoms with Crippen LogP contribution in [0.5, 0.6) is 0 Å². The summed E-state index contributed by atoms with van der Waals surface area (Å²) in [5.74, 6) is -1.97. The van der Waals surface area contributed by atoms with Gasteiger partial charge in [0, 0.05) is 21.2 Å². The number of hydrogen-bond acceptors (Lipinski definition) is 5. The first-order chi connectivity index (χ1) is 13.4. The van der Waals surface area contributed by atoms with Crippen molar-refractivity contribution in [3.63, 3.8) is 0 Å². The Hall–Kier alpha value is -1.69. The summed E-state index contributed by atoms with van der Waals surface area (Å²) in [6, 6.07) is 12.1. The van der Waals surface area contributed by atoms with Gasteiger partial charge in [-0.2, -0.15) is 0 Å². The Bertz CT molecular complexity index is 970. The summed E-state index contributed by atoms with van der Waals surface area (Å²) in [5, 5.41) is 3.65. The zero-order valence-electron chi connectivity index (χ0n) is 15.3. The molecule has 1 atom stereocenters. The van der Waals surface area contributed by atoms with Gasteiger partial charge < -0.3 is 14.4 Å². The van der Waals surface area contributed by atoms with Gasteiger partial charge in [0.15, 0.2) is 0 Å². The largest absolute Gasteiger partial charge is 0.364 e. The third kappa shape index (κ3) is 4.17. The van der Waals surface area contributed by atoms with E-state index >= 15 is 0 Å². The van der Waals surface area contributed by atoms with Gasteiger partial charge in [-0.3, -0.25) is 14.4 Å². The van der Waals surface area contributed by atoms with Crippen LogP contribution in [-0.4, -0.2) is 30.6 Å². The molecule has 0 fully saturated rings. The van der Waals surface area contributed by atoms with Crippen molar-refractivity contribution in [1.29, 1.82) is 0 Å². The van der Waals surface area contributed by atoms with E-state index in [1.165, 1.54) is 0 Å². The molecule has 1 aliphatic rings. The molecule has 6 nitrogen and oxygen atoms in total. The van der Waals surface area contributed by atoms with Crippen molar-refractivity contribution in [2.45, 2.75) is 19.6 Å². The predicted octanol–water partition coefficient (Wildman–Crippen LogP) is 5.38. The van der Waals surface area contributed by atoms with Crippen LogP contribution in [0.3, 0.4) is 0 Å². The number of fused-ring (bicyclic) bond motifs is 1. The first-order valence-electron chi connectivity index (χ1n) is 8.72. The van der Waals surface area contributed by atoms with Crippen LogP contribution in [0, 0.1) is 0 Å². The minimum absolute atomic E-state index is 0.108. The number of halogens is 2. The summed E-state index contributed by atoms with van der Waals surface area (Å²) in [6.07, 6.45) is 0. The van der Waals surface area contributed by atoms with E-state index < -0.39 is 19.3 Å². The molecule has 28 heavy (non-hydrogen) atoms. The quantitative estimate of drug-likeness (QED) is 0.612. The third-order valence-corrected chi connectivity index (χ3v) is 6.78. The van der Waals surface area contributed by atoms with Crippen LogP contribution >= 0.6 is 30.8 Å². The van der Waals surface area contributed by atoms with Crippen molar-refractivity contribution < 1.29 is 18.4 Å². The Morgan fingerprint density at radius 3 is 2.39 bits per heavy atom. The maximum absolute atomic E-state index is 13.3. The molecule has 0 aromatic heterocycles. The molecule has 3 rings (SSSR count). The SMILES string of the molecule is CCOP(=O)(OCC)C1N=C(c2ccccc2Cl)c2cc(Cl)ccc2NC1=O. The van der Waals surface area contributed by atoms with Crippen molar-refractivity contribution in [3.8, 4) is 0 Å². The number of rotatable bonds is 6.